The number of amides is 2. The van der Waals surface area contributed by atoms with Crippen molar-refractivity contribution in [2.24, 2.45) is 0 Å². The first-order valence-corrected chi connectivity index (χ1v) is 7.02. The SMILES string of the molecule is CC1(O)CCN(C(=O)N2CCc3ccc(C(=O)O)cc32)C1. The van der Waals surface area contributed by atoms with E-state index in [-0.39, 0.29) is 11.6 Å². The zero-order valence-electron chi connectivity index (χ0n) is 11.9. The molecule has 1 aromatic carbocycles. The highest BCUT2D eigenvalue weighted by Gasteiger charge is 2.37. The molecule has 1 fully saturated rings. The fourth-order valence-corrected chi connectivity index (χ4v) is 2.99. The van der Waals surface area contributed by atoms with E-state index >= 15 is 0 Å². The van der Waals surface area contributed by atoms with Crippen LogP contribution in [-0.2, 0) is 6.42 Å². The summed E-state index contributed by atoms with van der Waals surface area (Å²) in [4.78, 5) is 26.9. The molecule has 0 spiro atoms. The Morgan fingerprint density at radius 2 is 2.05 bits per heavy atom. The van der Waals surface area contributed by atoms with E-state index in [9.17, 15) is 14.7 Å². The van der Waals surface area contributed by atoms with Gasteiger partial charge < -0.3 is 15.1 Å². The van der Waals surface area contributed by atoms with Crippen molar-refractivity contribution in [3.63, 3.8) is 0 Å². The molecule has 3 rings (SSSR count). The highest BCUT2D eigenvalue weighted by molar-refractivity contribution is 5.97. The minimum atomic E-state index is -0.999. The monoisotopic (exact) mass is 290 g/mol. The molecule has 6 nitrogen and oxygen atoms in total. The van der Waals surface area contributed by atoms with Gasteiger partial charge in [-0.15, -0.1) is 0 Å². The molecule has 2 heterocycles. The first kappa shape index (κ1) is 13.9. The number of fused-ring (bicyclic) bond motifs is 1. The van der Waals surface area contributed by atoms with Crippen LogP contribution in [0.4, 0.5) is 10.5 Å². The van der Waals surface area contributed by atoms with Gasteiger partial charge >= 0.3 is 12.0 Å². The van der Waals surface area contributed by atoms with E-state index in [1.165, 1.54) is 0 Å². The lowest BCUT2D eigenvalue weighted by Gasteiger charge is -2.26. The summed E-state index contributed by atoms with van der Waals surface area (Å²) < 4.78 is 0. The average Bonchev–Trinajstić information content (AvgIpc) is 3.00. The van der Waals surface area contributed by atoms with Crippen molar-refractivity contribution in [3.8, 4) is 0 Å². The number of carbonyl (C=O) groups excluding carboxylic acids is 1. The number of hydrogen-bond acceptors (Lipinski definition) is 3. The topological polar surface area (TPSA) is 81.1 Å². The summed E-state index contributed by atoms with van der Waals surface area (Å²) >= 11 is 0. The number of hydrogen-bond donors (Lipinski definition) is 2. The minimum Gasteiger partial charge on any atom is -0.478 e. The van der Waals surface area contributed by atoms with Crippen molar-refractivity contribution in [2.75, 3.05) is 24.5 Å². The molecule has 1 unspecified atom stereocenters. The van der Waals surface area contributed by atoms with Gasteiger partial charge in [-0.25, -0.2) is 9.59 Å². The maximum atomic E-state index is 12.6. The maximum absolute atomic E-state index is 12.6. The predicted octanol–water partition coefficient (Wildman–Crippen LogP) is 1.32. The van der Waals surface area contributed by atoms with Crippen LogP contribution in [-0.4, -0.2) is 52.3 Å². The molecule has 2 N–H and O–H groups in total. The van der Waals surface area contributed by atoms with Gasteiger partial charge in [-0.3, -0.25) is 4.90 Å². The third-order valence-electron chi connectivity index (χ3n) is 4.18. The van der Waals surface area contributed by atoms with Gasteiger partial charge in [0.15, 0.2) is 0 Å². The van der Waals surface area contributed by atoms with Gasteiger partial charge in [0, 0.05) is 18.8 Å². The van der Waals surface area contributed by atoms with Crippen LogP contribution in [0.2, 0.25) is 0 Å². The van der Waals surface area contributed by atoms with Gasteiger partial charge in [-0.1, -0.05) is 6.07 Å². The number of benzene rings is 1. The molecule has 1 aromatic rings. The van der Waals surface area contributed by atoms with Crippen LogP contribution in [0.1, 0.15) is 29.3 Å². The Bertz CT molecular complexity index is 612. The predicted molar refractivity (Wildman–Crippen MR) is 76.7 cm³/mol. The summed E-state index contributed by atoms with van der Waals surface area (Å²) in [5, 5.41) is 19.1. The number of carbonyl (C=O) groups is 2. The standard InChI is InChI=1S/C15H18N2O4/c1-15(21)5-7-16(9-15)14(20)17-6-4-10-2-3-11(13(18)19)8-12(10)17/h2-3,8,21H,4-7,9H2,1H3,(H,18,19). The van der Waals surface area contributed by atoms with Crippen LogP contribution in [0.25, 0.3) is 0 Å². The Morgan fingerprint density at radius 3 is 2.67 bits per heavy atom. The van der Waals surface area contributed by atoms with E-state index in [0.717, 1.165) is 12.0 Å². The molecule has 1 atom stereocenters. The van der Waals surface area contributed by atoms with E-state index in [0.29, 0.717) is 31.7 Å². The molecule has 0 aromatic heterocycles. The molecular formula is C15H18N2O4. The molecule has 2 amide bonds. The van der Waals surface area contributed by atoms with E-state index in [4.69, 9.17) is 5.11 Å². The number of carboxylic acid groups (broad SMARTS) is 1. The van der Waals surface area contributed by atoms with Crippen molar-refractivity contribution < 1.29 is 19.8 Å². The summed E-state index contributed by atoms with van der Waals surface area (Å²) in [6, 6.07) is 4.73. The fraction of sp³-hybridized carbons (Fsp3) is 0.467. The number of aliphatic hydroxyl groups is 1. The lowest BCUT2D eigenvalue weighted by Crippen LogP contribution is -2.43. The average molecular weight is 290 g/mol. The molecular weight excluding hydrogens is 272 g/mol. The van der Waals surface area contributed by atoms with Crippen LogP contribution in [0, 0.1) is 0 Å². The summed E-state index contributed by atoms with van der Waals surface area (Å²) in [6.07, 6.45) is 1.29. The van der Waals surface area contributed by atoms with E-state index in [2.05, 4.69) is 0 Å². The Balaban J connectivity index is 1.85. The largest absolute Gasteiger partial charge is 0.478 e. The van der Waals surface area contributed by atoms with Gasteiger partial charge in [0.2, 0.25) is 0 Å². The van der Waals surface area contributed by atoms with Gasteiger partial charge in [0.05, 0.1) is 17.7 Å². The highest BCUT2D eigenvalue weighted by Crippen LogP contribution is 2.31. The maximum Gasteiger partial charge on any atom is 0.335 e. The molecule has 1 saturated heterocycles. The lowest BCUT2D eigenvalue weighted by atomic mass is 10.1. The van der Waals surface area contributed by atoms with Crippen LogP contribution in [0.5, 0.6) is 0 Å². The van der Waals surface area contributed by atoms with Gasteiger partial charge in [-0.05, 0) is 37.5 Å². The molecule has 0 saturated carbocycles. The van der Waals surface area contributed by atoms with Crippen LogP contribution in [0.15, 0.2) is 18.2 Å². The Morgan fingerprint density at radius 1 is 1.29 bits per heavy atom. The summed E-state index contributed by atoms with van der Waals surface area (Å²) in [5.41, 5.74) is 1.01. The number of rotatable bonds is 1. The van der Waals surface area contributed by atoms with Crippen molar-refractivity contribution in [1.29, 1.82) is 0 Å². The number of urea groups is 1. The number of aromatic carboxylic acids is 1. The van der Waals surface area contributed by atoms with Crippen LogP contribution in [0.3, 0.4) is 0 Å². The second kappa shape index (κ2) is 4.73. The first-order chi connectivity index (χ1) is 9.87. The van der Waals surface area contributed by atoms with Crippen molar-refractivity contribution in [2.45, 2.75) is 25.4 Å². The number of nitrogens with zero attached hydrogens (tertiary/aromatic N) is 2. The summed E-state index contributed by atoms with van der Waals surface area (Å²) in [7, 11) is 0. The van der Waals surface area contributed by atoms with Gasteiger partial charge in [0.25, 0.3) is 0 Å². The van der Waals surface area contributed by atoms with Crippen molar-refractivity contribution >= 4 is 17.7 Å². The van der Waals surface area contributed by atoms with Crippen LogP contribution < -0.4 is 4.90 Å². The van der Waals surface area contributed by atoms with Crippen molar-refractivity contribution in [1.82, 2.24) is 4.90 Å². The number of likely N-dealkylation sites (tertiary alicyclic amines) is 1. The molecule has 112 valence electrons. The highest BCUT2D eigenvalue weighted by atomic mass is 16.4. The second-order valence-electron chi connectivity index (χ2n) is 6.00. The Hall–Kier alpha value is -2.08. The summed E-state index contributed by atoms with van der Waals surface area (Å²) in [6.45, 7) is 3.11. The Kier molecular flexibility index (Phi) is 3.13. The fourth-order valence-electron chi connectivity index (χ4n) is 2.99. The van der Waals surface area contributed by atoms with Crippen molar-refractivity contribution in [3.05, 3.63) is 29.3 Å². The van der Waals surface area contributed by atoms with Gasteiger partial charge in [0.1, 0.15) is 0 Å². The third kappa shape index (κ3) is 2.47. The molecule has 0 radical (unpaired) electrons. The third-order valence-corrected chi connectivity index (χ3v) is 4.18. The zero-order valence-corrected chi connectivity index (χ0v) is 11.9. The van der Waals surface area contributed by atoms with E-state index in [1.807, 2.05) is 0 Å². The number of carboxylic acids is 1. The zero-order chi connectivity index (χ0) is 15.2. The molecule has 6 heteroatoms. The smallest absolute Gasteiger partial charge is 0.335 e. The normalized spacial score (nSPS) is 24.3. The quantitative estimate of drug-likeness (QED) is 0.817. The molecule has 2 aliphatic heterocycles. The second-order valence-corrected chi connectivity index (χ2v) is 6.00. The summed E-state index contributed by atoms with van der Waals surface area (Å²) in [5.74, 6) is -0.999. The van der Waals surface area contributed by atoms with Crippen LogP contribution >= 0.6 is 0 Å². The number of anilines is 1. The number of β-amino-alcohol motifs (C(OH)–C–C–N with tert-alkyl or cyclic N) is 1. The van der Waals surface area contributed by atoms with Gasteiger partial charge in [-0.2, -0.15) is 0 Å². The van der Waals surface area contributed by atoms with E-state index < -0.39 is 11.6 Å². The molecule has 2 aliphatic rings. The van der Waals surface area contributed by atoms with E-state index in [1.54, 1.807) is 34.9 Å². The molecule has 21 heavy (non-hydrogen) atoms. The first-order valence-electron chi connectivity index (χ1n) is 7.02. The lowest BCUT2D eigenvalue weighted by molar-refractivity contribution is 0.0696. The Labute approximate surface area is 122 Å². The molecule has 0 aliphatic carbocycles. The molecule has 0 bridgehead atoms. The minimum absolute atomic E-state index is 0.158.